The van der Waals surface area contributed by atoms with Crippen LogP contribution in [-0.4, -0.2) is 32.6 Å². The third-order valence-corrected chi connectivity index (χ3v) is 10.6. The predicted octanol–water partition coefficient (Wildman–Crippen LogP) is 3.75. The molecule has 1 unspecified atom stereocenters. The quantitative estimate of drug-likeness (QED) is 0.602. The maximum absolute atomic E-state index is 17.2. The Morgan fingerprint density at radius 1 is 0.875 bits per heavy atom. The summed E-state index contributed by atoms with van der Waals surface area (Å²) in [5.74, 6) is -1.70. The summed E-state index contributed by atoms with van der Waals surface area (Å²) in [6, 6.07) is 17.8. The molecule has 0 spiro atoms. The number of rotatable bonds is 5. The first-order chi connectivity index (χ1) is 15.1. The Labute approximate surface area is 186 Å². The molecule has 0 saturated heterocycles. The van der Waals surface area contributed by atoms with Crippen LogP contribution in [0.5, 0.6) is 5.75 Å². The molecule has 4 rings (SSSR count). The Morgan fingerprint density at radius 3 is 1.88 bits per heavy atom. The van der Waals surface area contributed by atoms with E-state index in [1.165, 1.54) is 36.4 Å². The van der Waals surface area contributed by atoms with Gasteiger partial charge in [0.15, 0.2) is 6.29 Å². The van der Waals surface area contributed by atoms with Gasteiger partial charge in [0.1, 0.15) is 5.75 Å². The molecule has 0 aromatic heterocycles. The highest BCUT2D eigenvalue weighted by Gasteiger charge is 2.64. The highest BCUT2D eigenvalue weighted by molar-refractivity contribution is 8.10. The van der Waals surface area contributed by atoms with Crippen molar-refractivity contribution in [3.8, 4) is 5.75 Å². The van der Waals surface area contributed by atoms with Crippen molar-refractivity contribution in [3.63, 3.8) is 0 Å². The van der Waals surface area contributed by atoms with Crippen molar-refractivity contribution in [1.82, 2.24) is 0 Å². The van der Waals surface area contributed by atoms with E-state index in [0.717, 1.165) is 24.3 Å². The summed E-state index contributed by atoms with van der Waals surface area (Å²) in [6.07, 6.45) is -2.15. The Hall–Kier alpha value is -2.75. The molecule has 2 atom stereocenters. The van der Waals surface area contributed by atoms with Gasteiger partial charge in [-0.25, -0.2) is 21.2 Å². The summed E-state index contributed by atoms with van der Waals surface area (Å²) in [5, 5.41) is 10.3. The minimum Gasteiger partial charge on any atom is -0.465 e. The van der Waals surface area contributed by atoms with E-state index in [1.807, 2.05) is 0 Å². The standard InChI is InChI=1S/C23H21FO6S2/c1-16-12-13-21-19(14-16)20(15-22(25)30-21)23(24,31(26,27)17-8-4-2-5-9-17)32(28,29)18-10-6-3-7-11-18/h2-14,20,22,25H,15H2,1H3/t20-,22?/m1/s1. The highest BCUT2D eigenvalue weighted by atomic mass is 32.3. The van der Waals surface area contributed by atoms with Crippen LogP contribution in [-0.2, 0) is 19.7 Å². The van der Waals surface area contributed by atoms with Crippen molar-refractivity contribution < 1.29 is 31.1 Å². The van der Waals surface area contributed by atoms with E-state index < -0.39 is 52.4 Å². The zero-order valence-corrected chi connectivity index (χ0v) is 18.7. The maximum atomic E-state index is 17.2. The average Bonchev–Trinajstić information content (AvgIpc) is 2.79. The molecular weight excluding hydrogens is 455 g/mol. The van der Waals surface area contributed by atoms with Gasteiger partial charge in [-0.3, -0.25) is 0 Å². The molecular formula is C23H21FO6S2. The van der Waals surface area contributed by atoms with Crippen LogP contribution >= 0.6 is 0 Å². The molecule has 0 amide bonds. The van der Waals surface area contributed by atoms with Gasteiger partial charge in [0, 0.05) is 12.0 Å². The van der Waals surface area contributed by atoms with Gasteiger partial charge < -0.3 is 9.84 Å². The van der Waals surface area contributed by atoms with E-state index >= 15 is 4.39 Å². The number of alkyl halides is 1. The van der Waals surface area contributed by atoms with Gasteiger partial charge in [-0.1, -0.05) is 54.1 Å². The third kappa shape index (κ3) is 3.41. The van der Waals surface area contributed by atoms with E-state index in [2.05, 4.69) is 0 Å². The molecule has 32 heavy (non-hydrogen) atoms. The Morgan fingerprint density at radius 2 is 1.38 bits per heavy atom. The molecule has 3 aromatic rings. The maximum Gasteiger partial charge on any atom is 0.324 e. The number of aryl methyl sites for hydroxylation is 1. The van der Waals surface area contributed by atoms with Crippen molar-refractivity contribution in [3.05, 3.63) is 90.0 Å². The Balaban J connectivity index is 2.06. The number of halogens is 1. The highest BCUT2D eigenvalue weighted by Crippen LogP contribution is 2.52. The van der Waals surface area contributed by atoms with Gasteiger partial charge in [0.2, 0.25) is 19.7 Å². The largest absolute Gasteiger partial charge is 0.465 e. The molecule has 0 fully saturated rings. The monoisotopic (exact) mass is 476 g/mol. The van der Waals surface area contributed by atoms with Crippen LogP contribution in [0.4, 0.5) is 4.39 Å². The molecule has 1 aliphatic heterocycles. The second-order valence-corrected chi connectivity index (χ2v) is 12.0. The molecule has 0 aliphatic carbocycles. The molecule has 3 aromatic carbocycles. The van der Waals surface area contributed by atoms with Crippen LogP contribution in [0.25, 0.3) is 0 Å². The summed E-state index contributed by atoms with van der Waals surface area (Å²) in [5.41, 5.74) is 0.724. The molecule has 0 saturated carbocycles. The van der Waals surface area contributed by atoms with Gasteiger partial charge in [0.05, 0.1) is 15.7 Å². The lowest BCUT2D eigenvalue weighted by atomic mass is 9.92. The van der Waals surface area contributed by atoms with Crippen LogP contribution in [0.15, 0.2) is 88.7 Å². The Bertz CT molecular complexity index is 1270. The number of hydrogen-bond donors (Lipinski definition) is 1. The van der Waals surface area contributed by atoms with E-state index in [1.54, 1.807) is 25.1 Å². The van der Waals surface area contributed by atoms with E-state index in [-0.39, 0.29) is 11.3 Å². The van der Waals surface area contributed by atoms with Crippen molar-refractivity contribution in [2.75, 3.05) is 0 Å². The molecule has 1 aliphatic rings. The zero-order chi connectivity index (χ0) is 23.1. The number of sulfone groups is 2. The lowest BCUT2D eigenvalue weighted by Gasteiger charge is -2.38. The first-order valence-electron chi connectivity index (χ1n) is 9.82. The summed E-state index contributed by atoms with van der Waals surface area (Å²) in [4.78, 5) is -0.950. The minimum absolute atomic E-state index is 0.0351. The number of benzene rings is 3. The van der Waals surface area contributed by atoms with Crippen molar-refractivity contribution in [2.45, 2.75) is 39.7 Å². The number of aliphatic hydroxyl groups excluding tert-OH is 1. The average molecular weight is 477 g/mol. The molecule has 0 radical (unpaired) electrons. The van der Waals surface area contributed by atoms with Gasteiger partial charge in [0.25, 0.3) is 0 Å². The molecule has 9 heteroatoms. The summed E-state index contributed by atoms with van der Waals surface area (Å²) < 4.78 is 73.6. The predicted molar refractivity (Wildman–Crippen MR) is 116 cm³/mol. The fourth-order valence-corrected chi connectivity index (χ4v) is 8.54. The van der Waals surface area contributed by atoms with Gasteiger partial charge in [-0.05, 0) is 37.3 Å². The smallest absolute Gasteiger partial charge is 0.324 e. The molecule has 6 nitrogen and oxygen atoms in total. The van der Waals surface area contributed by atoms with Gasteiger partial charge in [-0.2, -0.15) is 0 Å². The minimum atomic E-state index is -5.11. The first-order valence-corrected chi connectivity index (χ1v) is 12.8. The van der Waals surface area contributed by atoms with E-state index in [9.17, 15) is 21.9 Å². The fraction of sp³-hybridized carbons (Fsp3) is 0.217. The van der Waals surface area contributed by atoms with Crippen molar-refractivity contribution in [2.24, 2.45) is 0 Å². The third-order valence-electron chi connectivity index (χ3n) is 5.50. The zero-order valence-electron chi connectivity index (χ0n) is 17.1. The van der Waals surface area contributed by atoms with Crippen molar-refractivity contribution >= 4 is 19.7 Å². The summed E-state index contributed by atoms with van der Waals surface area (Å²) in [7, 11) is -10.2. The van der Waals surface area contributed by atoms with Crippen LogP contribution in [0.2, 0.25) is 0 Å². The summed E-state index contributed by atoms with van der Waals surface area (Å²) >= 11 is 0. The van der Waals surface area contributed by atoms with Crippen LogP contribution in [0.1, 0.15) is 23.5 Å². The number of hydrogen-bond acceptors (Lipinski definition) is 6. The molecule has 168 valence electrons. The first kappa shape index (κ1) is 22.4. The fourth-order valence-electron chi connectivity index (χ4n) is 3.94. The summed E-state index contributed by atoms with van der Waals surface area (Å²) in [6.45, 7) is 1.71. The second-order valence-electron chi connectivity index (χ2n) is 7.62. The van der Waals surface area contributed by atoms with Gasteiger partial charge >= 0.3 is 4.33 Å². The van der Waals surface area contributed by atoms with E-state index in [0.29, 0.717) is 5.56 Å². The molecule has 0 bridgehead atoms. The normalized spacial score (nSPS) is 19.1. The van der Waals surface area contributed by atoms with Crippen LogP contribution in [0.3, 0.4) is 0 Å². The van der Waals surface area contributed by atoms with Crippen LogP contribution in [0, 0.1) is 6.92 Å². The Kier molecular flexibility index (Phi) is 5.60. The molecule has 1 heterocycles. The number of aliphatic hydroxyl groups is 1. The lowest BCUT2D eigenvalue weighted by molar-refractivity contribution is -0.0444. The van der Waals surface area contributed by atoms with Crippen LogP contribution < -0.4 is 4.74 Å². The SMILES string of the molecule is Cc1ccc2c(c1)[C@H](C(F)(S(=O)(=O)c1ccccc1)S(=O)(=O)c1ccccc1)CC(O)O2. The lowest BCUT2D eigenvalue weighted by Crippen LogP contribution is -2.50. The van der Waals surface area contributed by atoms with Gasteiger partial charge in [-0.15, -0.1) is 0 Å². The number of ether oxygens (including phenoxy) is 1. The van der Waals surface area contributed by atoms with E-state index in [4.69, 9.17) is 4.74 Å². The second kappa shape index (κ2) is 7.99. The molecule has 1 N–H and O–H groups in total. The topological polar surface area (TPSA) is 97.7 Å². The van der Waals surface area contributed by atoms with Crippen molar-refractivity contribution in [1.29, 1.82) is 0 Å². The number of fused-ring (bicyclic) bond motifs is 1.